The Kier molecular flexibility index (Phi) is 3.77. The molecule has 0 unspecified atom stereocenters. The maximum Gasteiger partial charge on any atom is 0.0421 e. The molecule has 1 atom stereocenters. The molecule has 0 heterocycles. The van der Waals surface area contributed by atoms with E-state index in [9.17, 15) is 0 Å². The average molecular weight is 186 g/mol. The van der Waals surface area contributed by atoms with E-state index in [1.54, 1.807) is 0 Å². The molecule has 14 heavy (non-hydrogen) atoms. The minimum atomic E-state index is 0.225. The van der Waals surface area contributed by atoms with E-state index >= 15 is 0 Å². The molecule has 0 aliphatic rings. The molecule has 1 aromatic rings. The number of terminal acetylenes is 1. The molecule has 0 aliphatic heterocycles. The van der Waals surface area contributed by atoms with Gasteiger partial charge in [-0.1, -0.05) is 44.0 Å². The fraction of sp³-hybridized carbons (Fsp3) is 0.429. The average Bonchev–Trinajstić information content (AvgIpc) is 2.17. The first-order valence-electron chi connectivity index (χ1n) is 5.18. The lowest BCUT2D eigenvalue weighted by molar-refractivity contribution is 0.647. The van der Waals surface area contributed by atoms with Gasteiger partial charge < -0.3 is 0 Å². The summed E-state index contributed by atoms with van der Waals surface area (Å²) in [6, 6.07) is 8.65. The second kappa shape index (κ2) is 4.86. The number of hydrogen-bond acceptors (Lipinski definition) is 0. The third-order valence-corrected chi connectivity index (χ3v) is 2.37. The molecule has 0 aromatic heterocycles. The van der Waals surface area contributed by atoms with E-state index in [2.05, 4.69) is 51.0 Å². The van der Waals surface area contributed by atoms with Crippen molar-refractivity contribution < 1.29 is 0 Å². The quantitative estimate of drug-likeness (QED) is 0.632. The van der Waals surface area contributed by atoms with Gasteiger partial charge in [-0.25, -0.2) is 0 Å². The van der Waals surface area contributed by atoms with Gasteiger partial charge in [-0.05, 0) is 30.4 Å². The van der Waals surface area contributed by atoms with Gasteiger partial charge in [-0.3, -0.25) is 0 Å². The molecule has 0 amide bonds. The van der Waals surface area contributed by atoms with E-state index in [1.807, 2.05) is 0 Å². The Labute approximate surface area is 87.4 Å². The van der Waals surface area contributed by atoms with E-state index in [4.69, 9.17) is 6.42 Å². The lowest BCUT2D eigenvalue weighted by Crippen LogP contribution is -1.95. The van der Waals surface area contributed by atoms with Crippen molar-refractivity contribution in [1.29, 1.82) is 0 Å². The van der Waals surface area contributed by atoms with Gasteiger partial charge in [0.2, 0.25) is 0 Å². The zero-order valence-corrected chi connectivity index (χ0v) is 9.25. The highest BCUT2D eigenvalue weighted by Gasteiger charge is 2.02. The van der Waals surface area contributed by atoms with Gasteiger partial charge >= 0.3 is 0 Å². The van der Waals surface area contributed by atoms with Gasteiger partial charge in [0, 0.05) is 5.92 Å². The Morgan fingerprint density at radius 3 is 2.14 bits per heavy atom. The van der Waals surface area contributed by atoms with Crippen molar-refractivity contribution in [3.05, 3.63) is 35.4 Å². The number of benzene rings is 1. The highest BCUT2D eigenvalue weighted by atomic mass is 14.1. The fourth-order valence-electron chi connectivity index (χ4n) is 1.51. The van der Waals surface area contributed by atoms with E-state index < -0.39 is 0 Å². The Bertz CT molecular complexity index is 311. The Hall–Kier alpha value is -1.22. The SMILES string of the molecule is C#C[C@@H](C)c1ccc(CC(C)C)cc1. The molecule has 0 spiro atoms. The van der Waals surface area contributed by atoms with Crippen LogP contribution in [0.25, 0.3) is 0 Å². The van der Waals surface area contributed by atoms with Crippen molar-refractivity contribution in [2.75, 3.05) is 0 Å². The van der Waals surface area contributed by atoms with Crippen molar-refractivity contribution in [2.24, 2.45) is 5.92 Å². The zero-order chi connectivity index (χ0) is 10.6. The predicted molar refractivity (Wildman–Crippen MR) is 62.2 cm³/mol. The molecule has 74 valence electrons. The van der Waals surface area contributed by atoms with Crippen LogP contribution in [-0.2, 0) is 6.42 Å². The summed E-state index contributed by atoms with van der Waals surface area (Å²) in [6.45, 7) is 6.52. The standard InChI is InChI=1S/C14H18/c1-5-12(4)14-8-6-13(7-9-14)10-11(2)3/h1,6-9,11-12H,10H2,2-4H3/t12-/m1/s1. The maximum atomic E-state index is 5.37. The Morgan fingerprint density at radius 2 is 1.71 bits per heavy atom. The maximum absolute atomic E-state index is 5.37. The summed E-state index contributed by atoms with van der Waals surface area (Å²) in [5, 5.41) is 0. The Morgan fingerprint density at radius 1 is 1.14 bits per heavy atom. The second-order valence-corrected chi connectivity index (χ2v) is 4.23. The van der Waals surface area contributed by atoms with Crippen LogP contribution in [0.5, 0.6) is 0 Å². The van der Waals surface area contributed by atoms with Crippen molar-refractivity contribution in [3.63, 3.8) is 0 Å². The molecule has 0 radical (unpaired) electrons. The van der Waals surface area contributed by atoms with Gasteiger partial charge in [0.1, 0.15) is 0 Å². The Balaban J connectivity index is 2.74. The summed E-state index contributed by atoms with van der Waals surface area (Å²) in [5.41, 5.74) is 2.63. The second-order valence-electron chi connectivity index (χ2n) is 4.23. The molecule has 1 rings (SSSR count). The fourth-order valence-corrected chi connectivity index (χ4v) is 1.51. The van der Waals surface area contributed by atoms with Crippen molar-refractivity contribution in [1.82, 2.24) is 0 Å². The van der Waals surface area contributed by atoms with E-state index in [0.717, 1.165) is 6.42 Å². The molecule has 0 nitrogen and oxygen atoms in total. The van der Waals surface area contributed by atoms with Crippen LogP contribution in [0.4, 0.5) is 0 Å². The number of hydrogen-bond donors (Lipinski definition) is 0. The summed E-state index contributed by atoms with van der Waals surface area (Å²) < 4.78 is 0. The topological polar surface area (TPSA) is 0 Å². The third-order valence-electron chi connectivity index (χ3n) is 2.37. The van der Waals surface area contributed by atoms with Crippen molar-refractivity contribution in [2.45, 2.75) is 33.1 Å². The molecule has 0 fully saturated rings. The summed E-state index contributed by atoms with van der Waals surface area (Å²) in [7, 11) is 0. The van der Waals surface area contributed by atoms with E-state index in [0.29, 0.717) is 5.92 Å². The molecule has 0 heteroatoms. The zero-order valence-electron chi connectivity index (χ0n) is 9.25. The van der Waals surface area contributed by atoms with E-state index in [-0.39, 0.29) is 5.92 Å². The smallest absolute Gasteiger partial charge is 0.0421 e. The third kappa shape index (κ3) is 2.92. The van der Waals surface area contributed by atoms with Crippen LogP contribution >= 0.6 is 0 Å². The van der Waals surface area contributed by atoms with E-state index in [1.165, 1.54) is 11.1 Å². The lowest BCUT2D eigenvalue weighted by atomic mass is 9.97. The van der Waals surface area contributed by atoms with Crippen LogP contribution in [0.15, 0.2) is 24.3 Å². The highest BCUT2D eigenvalue weighted by Crippen LogP contribution is 2.16. The molecule has 1 aromatic carbocycles. The predicted octanol–water partition coefficient (Wildman–Crippen LogP) is 3.62. The van der Waals surface area contributed by atoms with Gasteiger partial charge in [0.05, 0.1) is 0 Å². The highest BCUT2D eigenvalue weighted by molar-refractivity contribution is 5.29. The van der Waals surface area contributed by atoms with Crippen LogP contribution in [0.1, 0.15) is 37.8 Å². The normalized spacial score (nSPS) is 12.5. The molecule has 0 aliphatic carbocycles. The van der Waals surface area contributed by atoms with Gasteiger partial charge in [-0.2, -0.15) is 0 Å². The summed E-state index contributed by atoms with van der Waals surface area (Å²) in [6.07, 6.45) is 6.52. The summed E-state index contributed by atoms with van der Waals surface area (Å²) in [4.78, 5) is 0. The van der Waals surface area contributed by atoms with Gasteiger partial charge in [0.15, 0.2) is 0 Å². The minimum absolute atomic E-state index is 0.225. The monoisotopic (exact) mass is 186 g/mol. The first kappa shape index (κ1) is 10.9. The molecular formula is C14H18. The number of rotatable bonds is 3. The first-order chi connectivity index (χ1) is 6.63. The van der Waals surface area contributed by atoms with Crippen LogP contribution in [0, 0.1) is 18.3 Å². The summed E-state index contributed by atoms with van der Waals surface area (Å²) >= 11 is 0. The van der Waals surface area contributed by atoms with Crippen LogP contribution in [0.3, 0.4) is 0 Å². The molecule has 0 bridgehead atoms. The van der Waals surface area contributed by atoms with Crippen molar-refractivity contribution >= 4 is 0 Å². The first-order valence-corrected chi connectivity index (χ1v) is 5.18. The van der Waals surface area contributed by atoms with Crippen LogP contribution in [0.2, 0.25) is 0 Å². The summed E-state index contributed by atoms with van der Waals surface area (Å²) in [5.74, 6) is 3.68. The van der Waals surface area contributed by atoms with Gasteiger partial charge in [-0.15, -0.1) is 6.42 Å². The lowest BCUT2D eigenvalue weighted by Gasteiger charge is -2.07. The largest absolute Gasteiger partial charge is 0.119 e. The molecule has 0 saturated heterocycles. The molecule has 0 N–H and O–H groups in total. The van der Waals surface area contributed by atoms with Crippen LogP contribution < -0.4 is 0 Å². The molecular weight excluding hydrogens is 168 g/mol. The minimum Gasteiger partial charge on any atom is -0.119 e. The van der Waals surface area contributed by atoms with Crippen LogP contribution in [-0.4, -0.2) is 0 Å². The van der Waals surface area contributed by atoms with Crippen molar-refractivity contribution in [3.8, 4) is 12.3 Å². The molecule has 0 saturated carbocycles. The van der Waals surface area contributed by atoms with Gasteiger partial charge in [0.25, 0.3) is 0 Å².